The lowest BCUT2D eigenvalue weighted by molar-refractivity contribution is -0.117. The third-order valence-electron chi connectivity index (χ3n) is 4.58. The monoisotopic (exact) mass is 452 g/mol. The number of halogens is 1. The van der Waals surface area contributed by atoms with Crippen molar-refractivity contribution in [2.75, 3.05) is 7.11 Å². The Bertz CT molecular complexity index is 788. The number of hydrogen-bond acceptors (Lipinski definition) is 5. The van der Waals surface area contributed by atoms with Gasteiger partial charge in [-0.3, -0.25) is 9.93 Å². The van der Waals surface area contributed by atoms with Crippen LogP contribution in [0.4, 0.5) is 4.39 Å². The normalized spacial score (nSPS) is 10.9. The molecule has 0 atom stereocenters. The molecule has 0 heterocycles. The minimum atomic E-state index is -0.766. The fourth-order valence-corrected chi connectivity index (χ4v) is 3.32. The first-order valence-corrected chi connectivity index (χ1v) is 11.0. The van der Waals surface area contributed by atoms with Crippen LogP contribution < -0.4 is 10.9 Å². The second kappa shape index (κ2) is 13.5. The summed E-state index contributed by atoms with van der Waals surface area (Å²) in [6.45, 7) is 11.5. The topological polar surface area (TPSA) is 110 Å². The van der Waals surface area contributed by atoms with Crippen LogP contribution in [-0.4, -0.2) is 23.2 Å². The van der Waals surface area contributed by atoms with Gasteiger partial charge in [-0.2, -0.15) is 0 Å². The van der Waals surface area contributed by atoms with E-state index in [1.54, 1.807) is 13.8 Å². The number of carbonyl (C=O) groups is 1. The molecule has 174 valence electrons. The summed E-state index contributed by atoms with van der Waals surface area (Å²) in [6.07, 6.45) is 0.182. The van der Waals surface area contributed by atoms with Crippen molar-refractivity contribution >= 4 is 17.9 Å². The molecule has 0 aliphatic heterocycles. The van der Waals surface area contributed by atoms with Gasteiger partial charge in [0.25, 0.3) is 0 Å². The van der Waals surface area contributed by atoms with Gasteiger partial charge >= 0.3 is 0 Å². The van der Waals surface area contributed by atoms with Gasteiger partial charge in [-0.05, 0) is 84.2 Å². The van der Waals surface area contributed by atoms with Gasteiger partial charge in [-0.25, -0.2) is 4.39 Å². The van der Waals surface area contributed by atoms with Crippen molar-refractivity contribution in [1.82, 2.24) is 0 Å². The lowest BCUT2D eigenvalue weighted by Gasteiger charge is -2.19. The van der Waals surface area contributed by atoms with Gasteiger partial charge in [0, 0.05) is 12.0 Å². The van der Waals surface area contributed by atoms with Crippen molar-refractivity contribution in [2.45, 2.75) is 70.3 Å². The molecule has 0 aromatic heterocycles. The first-order valence-electron chi connectivity index (χ1n) is 10.1. The van der Waals surface area contributed by atoms with E-state index in [0.717, 1.165) is 34.3 Å². The summed E-state index contributed by atoms with van der Waals surface area (Å²) < 4.78 is 13.5. The smallest absolute Gasteiger partial charge is 0.221 e. The molecule has 0 radical (unpaired) electrons. The zero-order valence-corrected chi connectivity index (χ0v) is 20.4. The Labute approximate surface area is 190 Å². The van der Waals surface area contributed by atoms with Gasteiger partial charge in [0.05, 0.1) is 12.0 Å². The number of carbonyl (C=O) groups excluding carboxylic acids is 1. The maximum Gasteiger partial charge on any atom is 0.221 e. The van der Waals surface area contributed by atoms with Crippen LogP contribution in [0.3, 0.4) is 0 Å². The number of hydrogen-bond donors (Lipinski definition) is 4. The lowest BCUT2D eigenvalue weighted by atomic mass is 9.87. The summed E-state index contributed by atoms with van der Waals surface area (Å²) in [5.41, 5.74) is 8.06. The highest BCUT2D eigenvalue weighted by molar-refractivity contribution is 7.97. The molecular formula is C24H37FN2O3S. The highest BCUT2D eigenvalue weighted by Gasteiger charge is 2.17. The molecule has 0 aliphatic carbocycles. The van der Waals surface area contributed by atoms with E-state index in [9.17, 15) is 14.3 Å². The lowest BCUT2D eigenvalue weighted by Crippen LogP contribution is -2.17. The summed E-state index contributed by atoms with van der Waals surface area (Å²) in [4.78, 5) is 12.1. The SMILES string of the molecule is CC(C)(O)c1ccc(SN)cc1.CC(C)c1cc(F)cc(C(C)C)c1CC(N)=O.CO. The molecule has 2 aromatic rings. The molecule has 0 saturated heterocycles. The molecule has 0 aliphatic rings. The van der Waals surface area contributed by atoms with Gasteiger partial charge in [0.15, 0.2) is 0 Å². The van der Waals surface area contributed by atoms with Crippen LogP contribution in [0.2, 0.25) is 0 Å². The van der Waals surface area contributed by atoms with Crippen LogP contribution in [0.15, 0.2) is 41.3 Å². The van der Waals surface area contributed by atoms with Gasteiger partial charge in [0.1, 0.15) is 5.82 Å². The van der Waals surface area contributed by atoms with E-state index in [1.165, 1.54) is 24.1 Å². The Morgan fingerprint density at radius 3 is 1.74 bits per heavy atom. The van der Waals surface area contributed by atoms with Crippen molar-refractivity contribution < 1.29 is 19.4 Å². The highest BCUT2D eigenvalue weighted by Crippen LogP contribution is 2.29. The van der Waals surface area contributed by atoms with Crippen LogP contribution in [-0.2, 0) is 16.8 Å². The number of benzene rings is 2. The number of amides is 1. The first kappa shape index (κ1) is 29.1. The third-order valence-corrected chi connectivity index (χ3v) is 5.12. The second-order valence-electron chi connectivity index (χ2n) is 8.22. The maximum atomic E-state index is 13.5. The molecule has 1 amide bonds. The van der Waals surface area contributed by atoms with Crippen LogP contribution >= 0.6 is 11.9 Å². The fourth-order valence-electron chi connectivity index (χ4n) is 3.03. The Morgan fingerprint density at radius 2 is 1.45 bits per heavy atom. The predicted molar refractivity (Wildman–Crippen MR) is 127 cm³/mol. The molecule has 0 bridgehead atoms. The molecule has 0 saturated carbocycles. The highest BCUT2D eigenvalue weighted by atomic mass is 32.2. The number of aliphatic hydroxyl groups excluding tert-OH is 1. The molecule has 2 rings (SSSR count). The molecule has 31 heavy (non-hydrogen) atoms. The average molecular weight is 453 g/mol. The van der Waals surface area contributed by atoms with E-state index in [4.69, 9.17) is 16.0 Å². The van der Waals surface area contributed by atoms with Gasteiger partial charge in [-0.15, -0.1) is 0 Å². The zero-order chi connectivity index (χ0) is 24.4. The van der Waals surface area contributed by atoms with Crippen LogP contribution in [0.1, 0.15) is 75.6 Å². The van der Waals surface area contributed by atoms with Gasteiger partial charge < -0.3 is 15.9 Å². The number of rotatable bonds is 6. The Kier molecular flexibility index (Phi) is 12.6. The molecule has 7 heteroatoms. The number of nitrogens with two attached hydrogens (primary N) is 2. The molecule has 2 aromatic carbocycles. The maximum absolute atomic E-state index is 13.5. The Balaban J connectivity index is 0.000000564. The second-order valence-corrected chi connectivity index (χ2v) is 8.92. The van der Waals surface area contributed by atoms with Crippen LogP contribution in [0, 0.1) is 5.82 Å². The molecule has 5 nitrogen and oxygen atoms in total. The van der Waals surface area contributed by atoms with E-state index in [0.29, 0.717) is 0 Å². The van der Waals surface area contributed by atoms with Crippen molar-refractivity contribution in [3.8, 4) is 0 Å². The van der Waals surface area contributed by atoms with Gasteiger partial charge in [-0.1, -0.05) is 39.8 Å². The van der Waals surface area contributed by atoms with E-state index < -0.39 is 5.60 Å². The molecule has 0 spiro atoms. The van der Waals surface area contributed by atoms with Crippen molar-refractivity contribution in [1.29, 1.82) is 0 Å². The summed E-state index contributed by atoms with van der Waals surface area (Å²) in [7, 11) is 1.00. The summed E-state index contributed by atoms with van der Waals surface area (Å²) in [5, 5.41) is 22.0. The van der Waals surface area contributed by atoms with E-state index in [2.05, 4.69) is 0 Å². The number of primary amides is 1. The number of aliphatic hydroxyl groups is 2. The minimum absolute atomic E-state index is 0.178. The average Bonchev–Trinajstić information content (AvgIpc) is 2.69. The standard InChI is InChI=1S/C14H20FNO.C9H13NOS.CH4O/c1-8(2)11-5-10(15)6-12(9(3)4)13(11)7-14(16)17;1-9(2,11)7-3-5-8(12-10)6-4-7;1-2/h5-6,8-9H,7H2,1-4H3,(H2,16,17);3-6,11H,10H2,1-2H3;2H,1H3. The van der Waals surface area contributed by atoms with Crippen LogP contribution in [0.5, 0.6) is 0 Å². The quantitative estimate of drug-likeness (QED) is 0.479. The molecule has 6 N–H and O–H groups in total. The Hall–Kier alpha value is -1.93. The van der Waals surface area contributed by atoms with Gasteiger partial charge in [0.2, 0.25) is 5.91 Å². The van der Waals surface area contributed by atoms with E-state index in [1.807, 2.05) is 52.0 Å². The fraction of sp³-hybridized carbons (Fsp3) is 0.458. The predicted octanol–water partition coefficient (Wildman–Crippen LogP) is 4.59. The zero-order valence-electron chi connectivity index (χ0n) is 19.6. The van der Waals surface area contributed by atoms with E-state index in [-0.39, 0.29) is 30.0 Å². The van der Waals surface area contributed by atoms with E-state index >= 15 is 0 Å². The van der Waals surface area contributed by atoms with Crippen molar-refractivity contribution in [3.63, 3.8) is 0 Å². The first-order chi connectivity index (χ1) is 14.4. The van der Waals surface area contributed by atoms with Crippen molar-refractivity contribution in [3.05, 3.63) is 64.5 Å². The largest absolute Gasteiger partial charge is 0.400 e. The summed E-state index contributed by atoms with van der Waals surface area (Å²) in [5.74, 6) is -0.263. The molecule has 0 fully saturated rings. The Morgan fingerprint density at radius 1 is 1.03 bits per heavy atom. The minimum Gasteiger partial charge on any atom is -0.400 e. The summed E-state index contributed by atoms with van der Waals surface area (Å²) >= 11 is 1.21. The summed E-state index contributed by atoms with van der Waals surface area (Å²) in [6, 6.07) is 10.6. The van der Waals surface area contributed by atoms with Crippen LogP contribution in [0.25, 0.3) is 0 Å². The third kappa shape index (κ3) is 9.82. The van der Waals surface area contributed by atoms with Crippen molar-refractivity contribution in [2.24, 2.45) is 10.9 Å². The molecule has 0 unspecified atom stereocenters. The molecular weight excluding hydrogens is 415 g/mol.